The molecule has 198 valence electrons. The van der Waals surface area contributed by atoms with Crippen molar-refractivity contribution in [1.82, 2.24) is 0 Å². The van der Waals surface area contributed by atoms with Gasteiger partial charge in [0.05, 0.1) is 18.8 Å². The molecule has 0 spiro atoms. The number of hydrogen-bond acceptors (Lipinski definition) is 4. The number of Topliss-reactive ketones (excluding diaryl/α,β-unsaturated/α-hetero) is 1. The lowest BCUT2D eigenvalue weighted by molar-refractivity contribution is 0.0966. The molecule has 3 rings (SSSR count). The zero-order valence-corrected chi connectivity index (χ0v) is 23.8. The lowest BCUT2D eigenvalue weighted by Crippen LogP contribution is -2.41. The first kappa shape index (κ1) is 28.6. The first-order chi connectivity index (χ1) is 17.5. The van der Waals surface area contributed by atoms with Crippen LogP contribution in [0.2, 0.25) is 18.1 Å². The summed E-state index contributed by atoms with van der Waals surface area (Å²) in [7, 11) is -0.487. The van der Waals surface area contributed by atoms with Crippen molar-refractivity contribution in [3.63, 3.8) is 0 Å². The fourth-order valence-corrected chi connectivity index (χ4v) is 5.12. The Kier molecular flexibility index (Phi) is 9.68. The molecule has 0 unspecified atom stereocenters. The van der Waals surface area contributed by atoms with Crippen molar-refractivity contribution < 1.29 is 23.1 Å². The van der Waals surface area contributed by atoms with Gasteiger partial charge in [0.2, 0.25) is 0 Å². The SMILES string of the molecule is COc1ccc(C(=O)CCC[C@@H](O[Si](C)(C)C(C)(C)C)c2ccc(F)cc2)c(OCc2ccccc2)c1. The zero-order chi connectivity index (χ0) is 27.1. The maximum Gasteiger partial charge on any atom is 0.192 e. The van der Waals surface area contributed by atoms with Crippen LogP contribution >= 0.6 is 0 Å². The molecule has 0 fully saturated rings. The van der Waals surface area contributed by atoms with E-state index in [1.165, 1.54) is 12.1 Å². The van der Waals surface area contributed by atoms with Gasteiger partial charge in [0, 0.05) is 12.5 Å². The minimum absolute atomic E-state index is 0.0101. The van der Waals surface area contributed by atoms with Crippen LogP contribution in [0, 0.1) is 5.82 Å². The van der Waals surface area contributed by atoms with Crippen LogP contribution in [-0.4, -0.2) is 21.2 Å². The summed E-state index contributed by atoms with van der Waals surface area (Å²) in [5.41, 5.74) is 2.50. The Balaban J connectivity index is 1.72. The van der Waals surface area contributed by atoms with Gasteiger partial charge in [-0.05, 0) is 66.4 Å². The Morgan fingerprint density at radius 1 is 0.973 bits per heavy atom. The van der Waals surface area contributed by atoms with Crippen LogP contribution < -0.4 is 9.47 Å². The van der Waals surface area contributed by atoms with E-state index in [0.29, 0.717) is 42.9 Å². The van der Waals surface area contributed by atoms with Crippen LogP contribution in [0.25, 0.3) is 0 Å². The number of rotatable bonds is 12. The average molecular weight is 523 g/mol. The molecule has 4 nitrogen and oxygen atoms in total. The Morgan fingerprint density at radius 2 is 1.65 bits per heavy atom. The summed E-state index contributed by atoms with van der Waals surface area (Å²) in [5, 5.41) is 0.0369. The van der Waals surface area contributed by atoms with E-state index in [2.05, 4.69) is 33.9 Å². The standard InChI is InChI=1S/C31H39FO4Si/c1-31(2,3)37(5,6)36-29(24-15-17-25(32)18-16-24)14-10-13-28(33)27-20-19-26(34-4)21-30(27)35-22-23-11-8-7-9-12-23/h7-9,11-12,15-21,29H,10,13-14,22H2,1-6H3/t29-/m1/s1. The van der Waals surface area contributed by atoms with E-state index in [9.17, 15) is 9.18 Å². The van der Waals surface area contributed by atoms with Gasteiger partial charge < -0.3 is 13.9 Å². The van der Waals surface area contributed by atoms with Crippen molar-refractivity contribution in [2.24, 2.45) is 0 Å². The van der Waals surface area contributed by atoms with Gasteiger partial charge in [-0.15, -0.1) is 0 Å². The molecule has 0 saturated heterocycles. The fourth-order valence-electron chi connectivity index (χ4n) is 3.80. The van der Waals surface area contributed by atoms with E-state index < -0.39 is 8.32 Å². The van der Waals surface area contributed by atoms with Gasteiger partial charge in [-0.25, -0.2) is 4.39 Å². The molecule has 0 N–H and O–H groups in total. The monoisotopic (exact) mass is 522 g/mol. The van der Waals surface area contributed by atoms with E-state index in [1.807, 2.05) is 30.3 Å². The van der Waals surface area contributed by atoms with Crippen molar-refractivity contribution in [3.05, 3.63) is 95.3 Å². The second-order valence-corrected chi connectivity index (χ2v) is 15.6. The summed E-state index contributed by atoms with van der Waals surface area (Å²) < 4.78 is 31.7. The van der Waals surface area contributed by atoms with Crippen molar-refractivity contribution in [2.45, 2.75) is 70.9 Å². The first-order valence-electron chi connectivity index (χ1n) is 12.8. The highest BCUT2D eigenvalue weighted by atomic mass is 28.4. The highest BCUT2D eigenvalue weighted by Gasteiger charge is 2.39. The maximum absolute atomic E-state index is 13.6. The number of halogens is 1. The van der Waals surface area contributed by atoms with Gasteiger partial charge in [0.25, 0.3) is 0 Å². The predicted molar refractivity (Wildman–Crippen MR) is 149 cm³/mol. The summed E-state index contributed by atoms with van der Waals surface area (Å²) in [5.74, 6) is 0.892. The van der Waals surface area contributed by atoms with Gasteiger partial charge in [-0.2, -0.15) is 0 Å². The summed E-state index contributed by atoms with van der Waals surface area (Å²) in [6.07, 6.45) is 1.46. The Bertz CT molecular complexity index is 1150. The summed E-state index contributed by atoms with van der Waals surface area (Å²) in [6, 6.07) is 21.7. The number of hydrogen-bond donors (Lipinski definition) is 0. The molecule has 0 heterocycles. The quantitative estimate of drug-likeness (QED) is 0.177. The smallest absolute Gasteiger partial charge is 0.192 e. The normalized spacial score (nSPS) is 12.7. The van der Waals surface area contributed by atoms with E-state index in [0.717, 1.165) is 11.1 Å². The van der Waals surface area contributed by atoms with Crippen molar-refractivity contribution in [2.75, 3.05) is 7.11 Å². The van der Waals surface area contributed by atoms with E-state index in [4.69, 9.17) is 13.9 Å². The van der Waals surface area contributed by atoms with Crippen LogP contribution in [0.4, 0.5) is 4.39 Å². The van der Waals surface area contributed by atoms with Gasteiger partial charge >= 0.3 is 0 Å². The van der Waals surface area contributed by atoms with E-state index in [1.54, 1.807) is 37.4 Å². The Morgan fingerprint density at radius 3 is 2.27 bits per heavy atom. The lowest BCUT2D eigenvalue weighted by Gasteiger charge is -2.39. The maximum atomic E-state index is 13.6. The van der Waals surface area contributed by atoms with Crippen molar-refractivity contribution in [1.29, 1.82) is 0 Å². The summed E-state index contributed by atoms with van der Waals surface area (Å²) >= 11 is 0. The molecule has 1 atom stereocenters. The number of ketones is 1. The van der Waals surface area contributed by atoms with Crippen molar-refractivity contribution >= 4 is 14.1 Å². The molecule has 0 aromatic heterocycles. The molecule has 37 heavy (non-hydrogen) atoms. The number of carbonyl (C=O) groups is 1. The number of carbonyl (C=O) groups excluding carboxylic acids is 1. The van der Waals surface area contributed by atoms with Crippen LogP contribution in [0.3, 0.4) is 0 Å². The Labute approximate surface area is 221 Å². The topological polar surface area (TPSA) is 44.8 Å². The first-order valence-corrected chi connectivity index (χ1v) is 15.7. The predicted octanol–water partition coefficient (Wildman–Crippen LogP) is 8.53. The third-order valence-electron chi connectivity index (χ3n) is 7.08. The second-order valence-electron chi connectivity index (χ2n) is 10.9. The van der Waals surface area contributed by atoms with Crippen LogP contribution in [0.1, 0.15) is 67.6 Å². The largest absolute Gasteiger partial charge is 0.497 e. The number of benzene rings is 3. The average Bonchev–Trinajstić information content (AvgIpc) is 2.87. The molecule has 0 bridgehead atoms. The molecular weight excluding hydrogens is 483 g/mol. The molecule has 0 radical (unpaired) electrons. The summed E-state index contributed by atoms with van der Waals surface area (Å²) in [6.45, 7) is 11.4. The minimum atomic E-state index is -2.08. The fraction of sp³-hybridized carbons (Fsp3) is 0.387. The molecule has 3 aromatic carbocycles. The van der Waals surface area contributed by atoms with Gasteiger partial charge in [-0.1, -0.05) is 63.2 Å². The summed E-state index contributed by atoms with van der Waals surface area (Å²) in [4.78, 5) is 13.3. The zero-order valence-electron chi connectivity index (χ0n) is 22.8. The lowest BCUT2D eigenvalue weighted by atomic mass is 10.00. The molecule has 0 aliphatic heterocycles. The second kappa shape index (κ2) is 12.5. The molecule has 3 aromatic rings. The van der Waals surface area contributed by atoms with Gasteiger partial charge in [0.1, 0.15) is 23.9 Å². The highest BCUT2D eigenvalue weighted by Crippen LogP contribution is 2.41. The van der Waals surface area contributed by atoms with E-state index in [-0.39, 0.29) is 22.7 Å². The number of ether oxygens (including phenoxy) is 2. The van der Waals surface area contributed by atoms with Crippen molar-refractivity contribution in [3.8, 4) is 11.5 Å². The molecule has 0 aliphatic rings. The molecule has 0 saturated carbocycles. The number of methoxy groups -OCH3 is 1. The minimum Gasteiger partial charge on any atom is -0.497 e. The van der Waals surface area contributed by atoms with Crippen LogP contribution in [0.15, 0.2) is 72.8 Å². The van der Waals surface area contributed by atoms with Crippen LogP contribution in [-0.2, 0) is 11.0 Å². The Hall–Kier alpha value is -2.96. The molecule has 0 aliphatic carbocycles. The molecular formula is C31H39FO4Si. The third-order valence-corrected chi connectivity index (χ3v) is 11.6. The third kappa shape index (κ3) is 8.01. The molecule has 0 amide bonds. The van der Waals surface area contributed by atoms with E-state index >= 15 is 0 Å². The molecule has 6 heteroatoms. The van der Waals surface area contributed by atoms with Gasteiger partial charge in [-0.3, -0.25) is 4.79 Å². The van der Waals surface area contributed by atoms with Gasteiger partial charge in [0.15, 0.2) is 14.1 Å². The highest BCUT2D eigenvalue weighted by molar-refractivity contribution is 6.74. The van der Waals surface area contributed by atoms with Crippen LogP contribution in [0.5, 0.6) is 11.5 Å².